The fourth-order valence-electron chi connectivity index (χ4n) is 3.53. The first-order chi connectivity index (χ1) is 16.2. The smallest absolute Gasteiger partial charge is 0.414 e. The number of nitrogens with one attached hydrogen (secondary N) is 3. The maximum absolute atomic E-state index is 14.9. The lowest BCUT2D eigenvalue weighted by atomic mass is 10.2. The second kappa shape index (κ2) is 11.2. The topological polar surface area (TPSA) is 126 Å². The molecule has 2 aliphatic rings. The van der Waals surface area contributed by atoms with Crippen molar-refractivity contribution in [2.24, 2.45) is 0 Å². The Morgan fingerprint density at radius 1 is 1.18 bits per heavy atom. The quantitative estimate of drug-likeness (QED) is 0.395. The number of carbonyl (C=O) groups is 3. The number of halogens is 4. The van der Waals surface area contributed by atoms with E-state index >= 15 is 0 Å². The van der Waals surface area contributed by atoms with E-state index in [2.05, 4.69) is 10.7 Å². The van der Waals surface area contributed by atoms with Gasteiger partial charge in [0.2, 0.25) is 0 Å². The van der Waals surface area contributed by atoms with Gasteiger partial charge in [0.1, 0.15) is 11.8 Å². The predicted molar refractivity (Wildman–Crippen MR) is 110 cm³/mol. The van der Waals surface area contributed by atoms with Crippen molar-refractivity contribution < 1.29 is 41.8 Å². The van der Waals surface area contributed by atoms with Gasteiger partial charge in [-0.2, -0.15) is 8.78 Å². The van der Waals surface area contributed by atoms with Gasteiger partial charge in [-0.05, 0) is 0 Å². The molecule has 0 aromatic heterocycles. The minimum Gasteiger partial charge on any atom is -0.442 e. The van der Waals surface area contributed by atoms with E-state index in [0.29, 0.717) is 0 Å². The Morgan fingerprint density at radius 2 is 1.88 bits per heavy atom. The highest BCUT2D eigenvalue weighted by Gasteiger charge is 2.34. The molecule has 4 amide bonds. The molecule has 0 radical (unpaired) electrons. The minimum atomic E-state index is -3.22. The van der Waals surface area contributed by atoms with E-state index < -0.39 is 42.2 Å². The molecule has 34 heavy (non-hydrogen) atoms. The summed E-state index contributed by atoms with van der Waals surface area (Å²) in [5.74, 6) is -3.42. The van der Waals surface area contributed by atoms with E-state index in [-0.39, 0.29) is 63.8 Å². The number of aliphatic hydroxyl groups is 1. The average molecular weight is 492 g/mol. The van der Waals surface area contributed by atoms with Crippen molar-refractivity contribution in [3.8, 4) is 0 Å². The summed E-state index contributed by atoms with van der Waals surface area (Å²) in [6.07, 6.45) is -5.13. The number of nitrogens with zero attached hydrogens (tertiary/aromatic N) is 3. The van der Waals surface area contributed by atoms with Crippen LogP contribution >= 0.6 is 0 Å². The number of benzene rings is 1. The van der Waals surface area contributed by atoms with Crippen molar-refractivity contribution in [3.63, 3.8) is 0 Å². The molecule has 2 fully saturated rings. The number of cyclic esters (lactones) is 1. The van der Waals surface area contributed by atoms with Gasteiger partial charge in [-0.25, -0.2) is 23.8 Å². The number of rotatable bonds is 7. The molecule has 188 valence electrons. The zero-order valence-corrected chi connectivity index (χ0v) is 17.9. The van der Waals surface area contributed by atoms with Crippen molar-refractivity contribution >= 4 is 29.4 Å². The first-order valence-corrected chi connectivity index (χ1v) is 10.4. The van der Waals surface area contributed by atoms with E-state index in [9.17, 15) is 31.9 Å². The molecule has 15 heteroatoms. The van der Waals surface area contributed by atoms with Gasteiger partial charge < -0.3 is 25.4 Å². The van der Waals surface area contributed by atoms with Gasteiger partial charge in [-0.1, -0.05) is 0 Å². The van der Waals surface area contributed by atoms with Gasteiger partial charge in [0.05, 0.1) is 31.9 Å². The van der Waals surface area contributed by atoms with Crippen LogP contribution in [0.2, 0.25) is 0 Å². The molecule has 0 bridgehead atoms. The molecule has 4 N–H and O–H groups in total. The fourth-order valence-corrected chi connectivity index (χ4v) is 3.53. The number of amides is 4. The highest BCUT2D eigenvalue weighted by atomic mass is 19.3. The number of aliphatic hydroxyl groups excluding tert-OH is 1. The van der Waals surface area contributed by atoms with Crippen LogP contribution in [-0.4, -0.2) is 93.1 Å². The normalized spacial score (nSPS) is 18.7. The summed E-state index contributed by atoms with van der Waals surface area (Å²) in [6.45, 7) is -0.170. The highest BCUT2D eigenvalue weighted by Crippen LogP contribution is 2.31. The lowest BCUT2D eigenvalue weighted by Crippen LogP contribution is -2.49. The standard InChI is InChI=1S/C19H24F4N6O5/c20-13-7-11(28-10-12(34-19(28)33)9-25-17(31)16(22)23)8-14(21)15(13)27-3-1-26-29(5-4-27)18(32)24-2-6-30/h7-8,12,16,26,30H,1-6,9-10H2,(H,24,32)(H,25,31). The molecule has 1 unspecified atom stereocenters. The Balaban J connectivity index is 1.66. The first kappa shape index (κ1) is 25.3. The van der Waals surface area contributed by atoms with Gasteiger partial charge in [0.25, 0.3) is 5.91 Å². The Hall–Kier alpha value is -3.33. The van der Waals surface area contributed by atoms with Gasteiger partial charge in [0, 0.05) is 38.3 Å². The second-order valence-corrected chi connectivity index (χ2v) is 7.42. The number of hydrogen-bond donors (Lipinski definition) is 4. The molecule has 0 saturated carbocycles. The number of carbonyl (C=O) groups excluding carboxylic acids is 3. The van der Waals surface area contributed by atoms with Gasteiger partial charge in [-0.3, -0.25) is 14.7 Å². The molecule has 0 spiro atoms. The zero-order chi connectivity index (χ0) is 24.8. The molecule has 2 aliphatic heterocycles. The van der Waals surface area contributed by atoms with Gasteiger partial charge in [-0.15, -0.1) is 0 Å². The van der Waals surface area contributed by atoms with Crippen LogP contribution in [0.4, 0.5) is 38.5 Å². The number of ether oxygens (including phenoxy) is 1. The maximum Gasteiger partial charge on any atom is 0.414 e. The van der Waals surface area contributed by atoms with Crippen molar-refractivity contribution in [3.05, 3.63) is 23.8 Å². The summed E-state index contributed by atoms with van der Waals surface area (Å²) >= 11 is 0. The maximum atomic E-state index is 14.9. The van der Waals surface area contributed by atoms with E-state index in [1.165, 1.54) is 9.91 Å². The summed E-state index contributed by atoms with van der Waals surface area (Å²) in [5, 5.41) is 14.4. The fraction of sp³-hybridized carbons (Fsp3) is 0.526. The van der Waals surface area contributed by atoms with E-state index in [4.69, 9.17) is 9.84 Å². The van der Waals surface area contributed by atoms with Crippen LogP contribution in [0.1, 0.15) is 0 Å². The first-order valence-electron chi connectivity index (χ1n) is 10.4. The monoisotopic (exact) mass is 492 g/mol. The van der Waals surface area contributed by atoms with Gasteiger partial charge >= 0.3 is 18.5 Å². The van der Waals surface area contributed by atoms with Crippen LogP contribution < -0.4 is 25.9 Å². The summed E-state index contributed by atoms with van der Waals surface area (Å²) in [6, 6.07) is 1.41. The van der Waals surface area contributed by atoms with E-state index in [1.54, 1.807) is 0 Å². The number of hydrazine groups is 1. The Labute approximate surface area is 191 Å². The highest BCUT2D eigenvalue weighted by molar-refractivity contribution is 5.90. The van der Waals surface area contributed by atoms with Crippen LogP contribution in [0.3, 0.4) is 0 Å². The predicted octanol–water partition coefficient (Wildman–Crippen LogP) is -0.000200. The third-order valence-corrected chi connectivity index (χ3v) is 5.12. The molecule has 1 atom stereocenters. The number of hydrogen-bond acceptors (Lipinski definition) is 7. The Bertz CT molecular complexity index is 900. The molecular formula is C19H24F4N6O5. The van der Waals surface area contributed by atoms with Gasteiger partial charge in [0.15, 0.2) is 11.6 Å². The summed E-state index contributed by atoms with van der Waals surface area (Å²) < 4.78 is 59.4. The number of urea groups is 1. The summed E-state index contributed by atoms with van der Waals surface area (Å²) in [4.78, 5) is 37.5. The van der Waals surface area contributed by atoms with Crippen molar-refractivity contribution in [2.75, 3.05) is 62.2 Å². The SMILES string of the molecule is O=C(NCC1CN(c2cc(F)c(N3CCNN(C(=O)NCCO)CC3)c(F)c2)C(=O)O1)C(F)F. The summed E-state index contributed by atoms with van der Waals surface area (Å²) in [5.41, 5.74) is 2.36. The molecule has 11 nitrogen and oxygen atoms in total. The largest absolute Gasteiger partial charge is 0.442 e. The second-order valence-electron chi connectivity index (χ2n) is 7.42. The van der Waals surface area contributed by atoms with Crippen LogP contribution in [0, 0.1) is 11.6 Å². The number of alkyl halides is 2. The Kier molecular flexibility index (Phi) is 8.33. The minimum absolute atomic E-state index is 0.0594. The van der Waals surface area contributed by atoms with Crippen LogP contribution in [-0.2, 0) is 9.53 Å². The van der Waals surface area contributed by atoms with E-state index in [0.717, 1.165) is 17.0 Å². The molecule has 3 rings (SSSR count). The lowest BCUT2D eigenvalue weighted by molar-refractivity contribution is -0.132. The van der Waals surface area contributed by atoms with E-state index in [1.807, 2.05) is 5.32 Å². The summed E-state index contributed by atoms with van der Waals surface area (Å²) in [7, 11) is 0. The molecule has 1 aromatic carbocycles. The van der Waals surface area contributed by atoms with Crippen molar-refractivity contribution in [1.29, 1.82) is 0 Å². The molecule has 1 aromatic rings. The molecule has 2 heterocycles. The molecule has 0 aliphatic carbocycles. The average Bonchev–Trinajstić information content (AvgIpc) is 3.00. The van der Waals surface area contributed by atoms with Crippen molar-refractivity contribution in [1.82, 2.24) is 21.1 Å². The Morgan fingerprint density at radius 3 is 2.53 bits per heavy atom. The third kappa shape index (κ3) is 5.96. The van der Waals surface area contributed by atoms with Crippen LogP contribution in [0.5, 0.6) is 0 Å². The van der Waals surface area contributed by atoms with Crippen LogP contribution in [0.25, 0.3) is 0 Å². The lowest BCUT2D eigenvalue weighted by Gasteiger charge is -2.25. The zero-order valence-electron chi connectivity index (χ0n) is 17.9. The van der Waals surface area contributed by atoms with Crippen molar-refractivity contribution in [2.45, 2.75) is 12.5 Å². The third-order valence-electron chi connectivity index (χ3n) is 5.12. The molecule has 2 saturated heterocycles. The molecular weight excluding hydrogens is 468 g/mol. The number of anilines is 2. The van der Waals surface area contributed by atoms with Crippen LogP contribution in [0.15, 0.2) is 12.1 Å².